The summed E-state index contributed by atoms with van der Waals surface area (Å²) < 4.78 is 11.3. The molecule has 0 aromatic heterocycles. The van der Waals surface area contributed by atoms with Gasteiger partial charge in [-0.3, -0.25) is 4.79 Å². The molecule has 0 saturated carbocycles. The topological polar surface area (TPSA) is 55.8 Å². The van der Waals surface area contributed by atoms with E-state index in [1.165, 1.54) is 0 Å². The Labute approximate surface area is 142 Å². The molecule has 4 nitrogen and oxygen atoms in total. The third-order valence-electron chi connectivity index (χ3n) is 4.34. The first-order valence-corrected chi connectivity index (χ1v) is 8.34. The summed E-state index contributed by atoms with van der Waals surface area (Å²) in [5, 5.41) is 10.1. The van der Waals surface area contributed by atoms with Gasteiger partial charge in [0.25, 0.3) is 0 Å². The van der Waals surface area contributed by atoms with Crippen LogP contribution in [0.3, 0.4) is 0 Å². The zero-order valence-electron chi connectivity index (χ0n) is 13.9. The minimum atomic E-state index is 0.0699. The predicted molar refractivity (Wildman–Crippen MR) is 92.1 cm³/mol. The SMILES string of the molecule is COc1cc2ccc1Oc1cc(ccc1O)CCC(=O)CCCC2. The van der Waals surface area contributed by atoms with Crippen molar-refractivity contribution in [2.75, 3.05) is 7.11 Å². The number of methoxy groups -OCH3 is 1. The van der Waals surface area contributed by atoms with Crippen LogP contribution < -0.4 is 9.47 Å². The molecule has 2 aliphatic heterocycles. The molecule has 0 radical (unpaired) electrons. The highest BCUT2D eigenvalue weighted by molar-refractivity contribution is 5.78. The van der Waals surface area contributed by atoms with Crippen LogP contribution in [0.2, 0.25) is 0 Å². The van der Waals surface area contributed by atoms with Crippen molar-refractivity contribution in [3.05, 3.63) is 47.5 Å². The summed E-state index contributed by atoms with van der Waals surface area (Å²) in [6.07, 6.45) is 4.59. The standard InChI is InChI=1S/C20H22O4/c1-23-20-13-14-4-2-3-5-16(21)9-6-15-7-10-17(22)19(12-15)24-18(20)11-8-14/h7-8,10-13,22H,2-6,9H2,1H3. The van der Waals surface area contributed by atoms with Crippen molar-refractivity contribution in [1.82, 2.24) is 0 Å². The van der Waals surface area contributed by atoms with Gasteiger partial charge in [-0.25, -0.2) is 0 Å². The van der Waals surface area contributed by atoms with Gasteiger partial charge in [0.2, 0.25) is 0 Å². The van der Waals surface area contributed by atoms with E-state index in [1.54, 1.807) is 19.2 Å². The van der Waals surface area contributed by atoms with E-state index in [2.05, 4.69) is 0 Å². The van der Waals surface area contributed by atoms with Crippen molar-refractivity contribution in [3.8, 4) is 23.0 Å². The van der Waals surface area contributed by atoms with Gasteiger partial charge in [-0.15, -0.1) is 0 Å². The van der Waals surface area contributed by atoms with E-state index >= 15 is 0 Å². The molecule has 2 aromatic rings. The molecular formula is C20H22O4. The zero-order valence-corrected chi connectivity index (χ0v) is 13.9. The monoisotopic (exact) mass is 326 g/mol. The van der Waals surface area contributed by atoms with Crippen molar-refractivity contribution in [2.24, 2.45) is 0 Å². The van der Waals surface area contributed by atoms with Crippen LogP contribution >= 0.6 is 0 Å². The van der Waals surface area contributed by atoms with Crippen LogP contribution in [0.15, 0.2) is 36.4 Å². The third kappa shape index (κ3) is 3.88. The lowest BCUT2D eigenvalue weighted by Gasteiger charge is -2.13. The second-order valence-corrected chi connectivity index (χ2v) is 6.14. The molecule has 2 aromatic carbocycles. The number of hydrogen-bond donors (Lipinski definition) is 1. The fraction of sp³-hybridized carbons (Fsp3) is 0.350. The Morgan fingerprint density at radius 2 is 1.67 bits per heavy atom. The molecule has 0 atom stereocenters. The predicted octanol–water partition coefficient (Wildman–Crippen LogP) is 4.42. The van der Waals surface area contributed by atoms with E-state index in [4.69, 9.17) is 9.47 Å². The van der Waals surface area contributed by atoms with Crippen LogP contribution in [-0.4, -0.2) is 18.0 Å². The van der Waals surface area contributed by atoms with Crippen molar-refractivity contribution in [1.29, 1.82) is 0 Å². The summed E-state index contributed by atoms with van der Waals surface area (Å²) in [4.78, 5) is 12.0. The van der Waals surface area contributed by atoms with Crippen LogP contribution in [0.5, 0.6) is 23.0 Å². The Balaban J connectivity index is 1.97. The smallest absolute Gasteiger partial charge is 0.169 e. The second-order valence-electron chi connectivity index (χ2n) is 6.14. The Bertz CT molecular complexity index is 736. The van der Waals surface area contributed by atoms with Gasteiger partial charge >= 0.3 is 0 Å². The van der Waals surface area contributed by atoms with Gasteiger partial charge < -0.3 is 14.6 Å². The molecule has 0 fully saturated rings. The average molecular weight is 326 g/mol. The third-order valence-corrected chi connectivity index (χ3v) is 4.34. The molecule has 0 amide bonds. The fourth-order valence-corrected chi connectivity index (χ4v) is 2.93. The highest BCUT2D eigenvalue weighted by Gasteiger charge is 2.12. The van der Waals surface area contributed by atoms with Crippen LogP contribution in [0.1, 0.15) is 36.8 Å². The fourth-order valence-electron chi connectivity index (χ4n) is 2.93. The van der Waals surface area contributed by atoms with Gasteiger partial charge in [0.1, 0.15) is 5.78 Å². The number of hydrogen-bond acceptors (Lipinski definition) is 4. The number of benzene rings is 2. The number of phenols is 1. The Morgan fingerprint density at radius 3 is 2.50 bits per heavy atom. The largest absolute Gasteiger partial charge is 0.504 e. The van der Waals surface area contributed by atoms with Crippen molar-refractivity contribution in [2.45, 2.75) is 38.5 Å². The van der Waals surface area contributed by atoms with Gasteiger partial charge in [0.15, 0.2) is 23.0 Å². The number of carbonyl (C=O) groups excluding carboxylic acids is 1. The van der Waals surface area contributed by atoms with Crippen LogP contribution in [0.25, 0.3) is 0 Å². The Kier molecular flexibility index (Phi) is 5.04. The summed E-state index contributed by atoms with van der Waals surface area (Å²) in [6, 6.07) is 11.0. The van der Waals surface area contributed by atoms with Gasteiger partial charge in [0, 0.05) is 12.8 Å². The highest BCUT2D eigenvalue weighted by atomic mass is 16.5. The minimum absolute atomic E-state index is 0.0699. The average Bonchev–Trinajstić information content (AvgIpc) is 2.60. The number of Topliss-reactive ketones (excluding diaryl/α,β-unsaturated/α-hetero) is 1. The number of phenolic OH excluding ortho intramolecular Hbond substituents is 1. The number of rotatable bonds is 1. The molecule has 24 heavy (non-hydrogen) atoms. The maximum absolute atomic E-state index is 12.0. The number of aryl methyl sites for hydroxylation is 2. The molecule has 4 heteroatoms. The van der Waals surface area contributed by atoms with Crippen LogP contribution in [0, 0.1) is 0 Å². The molecule has 2 aliphatic rings. The molecule has 0 unspecified atom stereocenters. The number of carbonyl (C=O) groups is 1. The lowest BCUT2D eigenvalue weighted by molar-refractivity contribution is -0.119. The number of aromatic hydroxyl groups is 1. The van der Waals surface area contributed by atoms with Gasteiger partial charge in [-0.2, -0.15) is 0 Å². The zero-order chi connectivity index (χ0) is 16.9. The normalized spacial score (nSPS) is 15.3. The van der Waals surface area contributed by atoms with Gasteiger partial charge in [0.05, 0.1) is 7.11 Å². The number of fused-ring (bicyclic) bond motifs is 8. The maximum atomic E-state index is 12.0. The first-order chi connectivity index (χ1) is 11.7. The lowest BCUT2D eigenvalue weighted by Crippen LogP contribution is -2.00. The number of ether oxygens (including phenoxy) is 2. The highest BCUT2D eigenvalue weighted by Crippen LogP contribution is 2.37. The Hall–Kier alpha value is -2.49. The van der Waals surface area contributed by atoms with Crippen LogP contribution in [0.4, 0.5) is 0 Å². The van der Waals surface area contributed by atoms with Gasteiger partial charge in [-0.05, 0) is 61.1 Å². The van der Waals surface area contributed by atoms with E-state index in [9.17, 15) is 9.90 Å². The maximum Gasteiger partial charge on any atom is 0.169 e. The van der Waals surface area contributed by atoms with E-state index in [0.717, 1.165) is 30.4 Å². The summed E-state index contributed by atoms with van der Waals surface area (Å²) in [6.45, 7) is 0. The van der Waals surface area contributed by atoms with E-state index in [1.807, 2.05) is 24.3 Å². The van der Waals surface area contributed by atoms with Gasteiger partial charge in [-0.1, -0.05) is 12.1 Å². The van der Waals surface area contributed by atoms with Crippen molar-refractivity contribution < 1.29 is 19.4 Å². The summed E-state index contributed by atoms with van der Waals surface area (Å²) in [7, 11) is 1.61. The van der Waals surface area contributed by atoms with E-state index in [-0.39, 0.29) is 11.5 Å². The minimum Gasteiger partial charge on any atom is -0.504 e. The quantitative estimate of drug-likeness (QED) is 0.843. The van der Waals surface area contributed by atoms with Crippen molar-refractivity contribution in [3.63, 3.8) is 0 Å². The van der Waals surface area contributed by atoms with Crippen molar-refractivity contribution >= 4 is 5.78 Å². The first kappa shape index (κ1) is 16.4. The molecular weight excluding hydrogens is 304 g/mol. The Morgan fingerprint density at radius 1 is 0.917 bits per heavy atom. The molecule has 0 aliphatic carbocycles. The van der Waals surface area contributed by atoms with Crippen LogP contribution in [-0.2, 0) is 17.6 Å². The molecule has 0 saturated heterocycles. The lowest BCUT2D eigenvalue weighted by atomic mass is 10.0. The molecule has 1 N–H and O–H groups in total. The molecule has 0 spiro atoms. The molecule has 2 heterocycles. The summed E-state index contributed by atoms with van der Waals surface area (Å²) in [5.41, 5.74) is 2.13. The molecule has 4 rings (SSSR count). The molecule has 4 bridgehead atoms. The number of ketones is 1. The second kappa shape index (κ2) is 7.39. The van der Waals surface area contributed by atoms with E-state index in [0.29, 0.717) is 36.5 Å². The molecule has 126 valence electrons. The summed E-state index contributed by atoms with van der Waals surface area (Å²) in [5.74, 6) is 1.94. The van der Waals surface area contributed by atoms with E-state index < -0.39 is 0 Å². The first-order valence-electron chi connectivity index (χ1n) is 8.34. The summed E-state index contributed by atoms with van der Waals surface area (Å²) >= 11 is 0.